The number of hydrogen-bond donors (Lipinski definition) is 1. The van der Waals surface area contributed by atoms with E-state index in [9.17, 15) is 4.79 Å². The number of halogens is 1. The summed E-state index contributed by atoms with van der Waals surface area (Å²) in [6.45, 7) is 5.87. The second-order valence-corrected chi connectivity index (χ2v) is 9.79. The second kappa shape index (κ2) is 13.6. The lowest BCUT2D eigenvalue weighted by molar-refractivity contribution is -0.115. The largest absolute Gasteiger partial charge is 0.492 e. The van der Waals surface area contributed by atoms with Gasteiger partial charge in [0.15, 0.2) is 0 Å². The summed E-state index contributed by atoms with van der Waals surface area (Å²) in [6.07, 6.45) is 7.62. The molecule has 0 spiro atoms. The van der Waals surface area contributed by atoms with E-state index in [1.165, 1.54) is 43.4 Å². The molecule has 0 radical (unpaired) electrons. The van der Waals surface area contributed by atoms with Crippen molar-refractivity contribution < 1.29 is 9.53 Å². The summed E-state index contributed by atoms with van der Waals surface area (Å²) in [6, 6.07) is 13.7. The Bertz CT molecular complexity index is 947. The van der Waals surface area contributed by atoms with Crippen molar-refractivity contribution in [1.82, 2.24) is 4.90 Å². The maximum atomic E-state index is 12.6. The fraction of sp³-hybridized carbons (Fsp3) is 0.444. The van der Waals surface area contributed by atoms with Crippen LogP contribution in [0, 0.1) is 0 Å². The maximum absolute atomic E-state index is 12.6. The molecule has 3 rings (SSSR count). The van der Waals surface area contributed by atoms with E-state index in [1.54, 1.807) is 0 Å². The highest BCUT2D eigenvalue weighted by Gasteiger charge is 2.13. The third-order valence-electron chi connectivity index (χ3n) is 5.68. The number of nitrogens with one attached hydrogen (secondary N) is 1. The van der Waals surface area contributed by atoms with Crippen LogP contribution in [0.1, 0.15) is 63.5 Å². The van der Waals surface area contributed by atoms with Gasteiger partial charge in [0.1, 0.15) is 5.75 Å². The predicted octanol–water partition coefficient (Wildman–Crippen LogP) is 7.63. The summed E-state index contributed by atoms with van der Waals surface area (Å²) in [4.78, 5) is 14.9. The average molecular weight is 487 g/mol. The van der Waals surface area contributed by atoms with E-state index in [4.69, 9.17) is 16.3 Å². The van der Waals surface area contributed by atoms with Crippen molar-refractivity contribution >= 4 is 35.0 Å². The van der Waals surface area contributed by atoms with Crippen LogP contribution >= 0.6 is 23.4 Å². The average Bonchev–Trinajstić information content (AvgIpc) is 3.19. The van der Waals surface area contributed by atoms with Crippen LogP contribution in [0.25, 0.3) is 0 Å². The molecule has 1 heterocycles. The molecule has 1 aliphatic heterocycles. The van der Waals surface area contributed by atoms with Gasteiger partial charge < -0.3 is 15.0 Å². The molecule has 178 valence electrons. The van der Waals surface area contributed by atoms with Gasteiger partial charge in [-0.3, -0.25) is 4.79 Å². The van der Waals surface area contributed by atoms with Crippen molar-refractivity contribution in [3.63, 3.8) is 0 Å². The van der Waals surface area contributed by atoms with E-state index in [2.05, 4.69) is 35.5 Å². The molecule has 0 bridgehead atoms. The van der Waals surface area contributed by atoms with Gasteiger partial charge in [-0.15, -0.1) is 11.8 Å². The summed E-state index contributed by atoms with van der Waals surface area (Å²) >= 11 is 8.21. The first-order valence-corrected chi connectivity index (χ1v) is 13.3. The van der Waals surface area contributed by atoms with Gasteiger partial charge in [0.05, 0.1) is 23.9 Å². The summed E-state index contributed by atoms with van der Waals surface area (Å²) in [5, 5.41) is 5.75. The highest BCUT2D eigenvalue weighted by molar-refractivity contribution is 8.02. The molecular formula is C27H35ClN2O2S. The molecule has 0 saturated carbocycles. The topological polar surface area (TPSA) is 41.6 Å². The maximum Gasteiger partial charge on any atom is 0.228 e. The zero-order valence-corrected chi connectivity index (χ0v) is 21.3. The lowest BCUT2D eigenvalue weighted by atomic mass is 10.1. The molecule has 2 aromatic rings. The zero-order valence-electron chi connectivity index (χ0n) is 19.7. The van der Waals surface area contributed by atoms with Gasteiger partial charge in [-0.1, -0.05) is 68.8 Å². The fourth-order valence-corrected chi connectivity index (χ4v) is 4.99. The lowest BCUT2D eigenvalue weighted by Gasteiger charge is -2.19. The minimum absolute atomic E-state index is 0.0585. The summed E-state index contributed by atoms with van der Waals surface area (Å²) in [7, 11) is 0. The van der Waals surface area contributed by atoms with Gasteiger partial charge in [0, 0.05) is 17.9 Å². The molecule has 0 aromatic heterocycles. The van der Waals surface area contributed by atoms with Crippen LogP contribution in [0.5, 0.6) is 5.75 Å². The number of nitrogens with zero attached hydrogens (tertiary/aromatic N) is 1. The molecule has 1 N–H and O–H groups in total. The molecule has 0 aliphatic carbocycles. The Labute approximate surface area is 207 Å². The number of rotatable bonds is 13. The van der Waals surface area contributed by atoms with Gasteiger partial charge in [-0.2, -0.15) is 0 Å². The minimum atomic E-state index is -0.0585. The van der Waals surface area contributed by atoms with E-state index in [0.29, 0.717) is 17.4 Å². The summed E-state index contributed by atoms with van der Waals surface area (Å²) in [5.74, 6) is 1.60. The van der Waals surface area contributed by atoms with Crippen molar-refractivity contribution in [2.45, 2.75) is 65.3 Å². The van der Waals surface area contributed by atoms with E-state index in [0.717, 1.165) is 30.1 Å². The summed E-state index contributed by atoms with van der Waals surface area (Å²) < 4.78 is 5.83. The summed E-state index contributed by atoms with van der Waals surface area (Å²) in [5.41, 5.74) is 4.15. The van der Waals surface area contributed by atoms with Gasteiger partial charge in [0.25, 0.3) is 0 Å². The van der Waals surface area contributed by atoms with Crippen LogP contribution in [0.3, 0.4) is 0 Å². The number of benzene rings is 2. The quantitative estimate of drug-likeness (QED) is 0.295. The van der Waals surface area contributed by atoms with E-state index < -0.39 is 0 Å². The van der Waals surface area contributed by atoms with Gasteiger partial charge >= 0.3 is 0 Å². The number of anilines is 1. The van der Waals surface area contributed by atoms with Crippen LogP contribution in [0.2, 0.25) is 5.02 Å². The molecular weight excluding hydrogens is 452 g/mol. The SMILES string of the molecule is CCCCCCCCOc1ccc(CC(=O)Nc2cccc(CN3CSC=C3C)c2)cc1Cl. The standard InChI is InChI=1S/C27H35ClN2O2S/c1-3-4-5-6-7-8-14-32-26-13-12-22(16-25(26)28)17-27(31)29-24-11-9-10-23(15-24)18-30-20-33-19-21(30)2/h9-13,15-16,19H,3-8,14,17-18,20H2,1-2H3,(H,29,31). The molecule has 0 atom stereocenters. The lowest BCUT2D eigenvalue weighted by Crippen LogP contribution is -2.17. The number of thioether (sulfide) groups is 1. The van der Waals surface area contributed by atoms with Crippen LogP contribution in [-0.4, -0.2) is 23.3 Å². The normalized spacial score (nSPS) is 13.2. The van der Waals surface area contributed by atoms with Gasteiger partial charge in [-0.25, -0.2) is 0 Å². The first kappa shape index (κ1) is 25.5. The molecule has 0 saturated heterocycles. The number of unbranched alkanes of at least 4 members (excludes halogenated alkanes) is 5. The van der Waals surface area contributed by atoms with Crippen molar-refractivity contribution in [1.29, 1.82) is 0 Å². The molecule has 0 unspecified atom stereocenters. The highest BCUT2D eigenvalue weighted by Crippen LogP contribution is 2.27. The molecule has 2 aromatic carbocycles. The molecule has 33 heavy (non-hydrogen) atoms. The monoisotopic (exact) mass is 486 g/mol. The molecule has 0 fully saturated rings. The van der Waals surface area contributed by atoms with Gasteiger partial charge in [0.2, 0.25) is 5.91 Å². The Morgan fingerprint density at radius 2 is 1.91 bits per heavy atom. The number of allylic oxidation sites excluding steroid dienone is 1. The Morgan fingerprint density at radius 3 is 2.67 bits per heavy atom. The van der Waals surface area contributed by atoms with E-state index in [1.807, 2.05) is 48.2 Å². The smallest absolute Gasteiger partial charge is 0.228 e. The second-order valence-electron chi connectivity index (χ2n) is 8.56. The van der Waals surface area contributed by atoms with E-state index in [-0.39, 0.29) is 12.3 Å². The molecule has 1 amide bonds. The van der Waals surface area contributed by atoms with Crippen molar-refractivity contribution in [3.8, 4) is 5.75 Å². The third-order valence-corrected chi connectivity index (χ3v) is 6.95. The predicted molar refractivity (Wildman–Crippen MR) is 141 cm³/mol. The van der Waals surface area contributed by atoms with Crippen molar-refractivity contribution in [2.24, 2.45) is 0 Å². The fourth-order valence-electron chi connectivity index (χ4n) is 3.79. The van der Waals surface area contributed by atoms with E-state index >= 15 is 0 Å². The number of carbonyl (C=O) groups is 1. The van der Waals surface area contributed by atoms with Crippen molar-refractivity contribution in [3.05, 3.63) is 69.7 Å². The first-order valence-electron chi connectivity index (χ1n) is 11.9. The third kappa shape index (κ3) is 8.63. The number of ether oxygens (including phenoxy) is 1. The Hall–Kier alpha value is -2.11. The zero-order chi connectivity index (χ0) is 23.5. The molecule has 1 aliphatic rings. The number of amides is 1. The number of hydrogen-bond acceptors (Lipinski definition) is 4. The van der Waals surface area contributed by atoms with Crippen molar-refractivity contribution in [2.75, 3.05) is 17.8 Å². The minimum Gasteiger partial charge on any atom is -0.492 e. The molecule has 4 nitrogen and oxygen atoms in total. The first-order chi connectivity index (χ1) is 16.0. The Balaban J connectivity index is 1.45. The van der Waals surface area contributed by atoms with Gasteiger partial charge in [-0.05, 0) is 54.1 Å². The van der Waals surface area contributed by atoms with Crippen LogP contribution in [0.4, 0.5) is 5.69 Å². The van der Waals surface area contributed by atoms with Crippen LogP contribution < -0.4 is 10.1 Å². The van der Waals surface area contributed by atoms with Crippen LogP contribution in [-0.2, 0) is 17.8 Å². The Morgan fingerprint density at radius 1 is 1.09 bits per heavy atom. The van der Waals surface area contributed by atoms with Crippen LogP contribution in [0.15, 0.2) is 53.6 Å². The Kier molecular flexibility index (Phi) is 10.5. The number of carbonyl (C=O) groups excluding carboxylic acids is 1. The molecule has 6 heteroatoms. The highest BCUT2D eigenvalue weighted by atomic mass is 35.5.